The normalized spacial score (nSPS) is 20.2. The summed E-state index contributed by atoms with van der Waals surface area (Å²) in [6.07, 6.45) is 6.82. The molecule has 1 aromatic rings. The number of benzene rings is 1. The van der Waals surface area contributed by atoms with E-state index in [0.29, 0.717) is 18.5 Å². The first-order valence-corrected chi connectivity index (χ1v) is 11.0. The van der Waals surface area contributed by atoms with Crippen molar-refractivity contribution in [3.8, 4) is 0 Å². The summed E-state index contributed by atoms with van der Waals surface area (Å²) in [5.41, 5.74) is 2.48. The molecule has 3 rings (SSSR count). The molecule has 1 heterocycles. The first-order valence-electron chi connectivity index (χ1n) is 11.0. The molecule has 1 aliphatic carbocycles. The fraction of sp³-hybridized carbons (Fsp3) is 0.400. The van der Waals surface area contributed by atoms with Gasteiger partial charge in [0.05, 0.1) is 5.70 Å². The summed E-state index contributed by atoms with van der Waals surface area (Å²) in [7, 11) is 0. The number of amides is 1. The number of allylic oxidation sites excluding steroid dienone is 4. The van der Waals surface area contributed by atoms with Crippen molar-refractivity contribution >= 4 is 5.91 Å². The molecule has 1 aromatic carbocycles. The second-order valence-corrected chi connectivity index (χ2v) is 8.23. The van der Waals surface area contributed by atoms with Gasteiger partial charge < -0.3 is 10.0 Å². The van der Waals surface area contributed by atoms with Gasteiger partial charge in [-0.3, -0.25) is 9.69 Å². The second-order valence-electron chi connectivity index (χ2n) is 8.23. The van der Waals surface area contributed by atoms with Gasteiger partial charge in [-0.1, -0.05) is 49.1 Å². The highest BCUT2D eigenvalue weighted by Crippen LogP contribution is 2.30. The minimum absolute atomic E-state index is 0.0813. The van der Waals surface area contributed by atoms with Crippen molar-refractivity contribution in [1.29, 1.82) is 0 Å². The van der Waals surface area contributed by atoms with Gasteiger partial charge in [0.25, 0.3) is 0 Å². The molecule has 6 heteroatoms. The highest BCUT2D eigenvalue weighted by atomic mass is 16.3. The van der Waals surface area contributed by atoms with Gasteiger partial charge in [0.1, 0.15) is 5.76 Å². The lowest BCUT2D eigenvalue weighted by molar-refractivity contribution is -0.129. The van der Waals surface area contributed by atoms with Crippen molar-refractivity contribution in [3.63, 3.8) is 0 Å². The van der Waals surface area contributed by atoms with E-state index in [1.54, 1.807) is 18.2 Å². The van der Waals surface area contributed by atoms with Gasteiger partial charge in [-0.2, -0.15) is 0 Å². The average Bonchev–Trinajstić information content (AvgIpc) is 2.78. The fourth-order valence-corrected chi connectivity index (χ4v) is 4.10. The third kappa shape index (κ3) is 6.17. The van der Waals surface area contributed by atoms with Crippen LogP contribution in [0.1, 0.15) is 24.8 Å². The molecule has 0 bridgehead atoms. The van der Waals surface area contributed by atoms with E-state index in [1.165, 1.54) is 5.56 Å². The number of aliphatic hydroxyl groups excluding tert-OH is 1. The largest absolute Gasteiger partial charge is 0.509 e. The monoisotopic (exact) mass is 422 g/mol. The molecule has 0 saturated carbocycles. The molecule has 166 valence electrons. The van der Waals surface area contributed by atoms with Crippen molar-refractivity contribution in [2.45, 2.75) is 25.8 Å². The number of hydrazine groups is 1. The molecule has 0 radical (unpaired) electrons. The molecule has 0 spiro atoms. The Morgan fingerprint density at radius 1 is 1.16 bits per heavy atom. The fourth-order valence-electron chi connectivity index (χ4n) is 4.10. The standard InChI is InChI=1S/C25H34N4O2/c1-3-8-22-20(2)12-13-23(25(22)31)29(26)24(30)11-7-14-27-15-17-28(18-16-27)19-21-9-5-4-6-10-21/h3-6,9-10,12-13,22,31H,1-2,7-8,11,14-19,26H2. The molecule has 1 unspecified atom stereocenters. The number of piperazine rings is 1. The number of carbonyl (C=O) groups is 1. The SMILES string of the molecule is C=CCC1C(=C)C=CC(N(N)C(=O)CCCN2CCN(Cc3ccccc3)CC2)=C1O. The van der Waals surface area contributed by atoms with Crippen molar-refractivity contribution in [2.75, 3.05) is 32.7 Å². The Morgan fingerprint density at radius 3 is 2.52 bits per heavy atom. The zero-order valence-corrected chi connectivity index (χ0v) is 18.2. The van der Waals surface area contributed by atoms with Gasteiger partial charge in [0.15, 0.2) is 0 Å². The first-order chi connectivity index (χ1) is 15.0. The molecule has 3 N–H and O–H groups in total. The van der Waals surface area contributed by atoms with Crippen LogP contribution in [0.2, 0.25) is 0 Å². The summed E-state index contributed by atoms with van der Waals surface area (Å²) < 4.78 is 0. The van der Waals surface area contributed by atoms with Gasteiger partial charge in [-0.15, -0.1) is 6.58 Å². The van der Waals surface area contributed by atoms with Crippen LogP contribution in [-0.2, 0) is 11.3 Å². The van der Waals surface area contributed by atoms with E-state index in [2.05, 4.69) is 47.2 Å². The number of hydrogen-bond acceptors (Lipinski definition) is 5. The summed E-state index contributed by atoms with van der Waals surface area (Å²) in [5, 5.41) is 11.6. The quantitative estimate of drug-likeness (QED) is 0.276. The van der Waals surface area contributed by atoms with Crippen LogP contribution in [0.4, 0.5) is 0 Å². The van der Waals surface area contributed by atoms with E-state index in [9.17, 15) is 9.90 Å². The molecule has 1 saturated heterocycles. The maximum atomic E-state index is 12.6. The lowest BCUT2D eigenvalue weighted by atomic mass is 9.89. The molecule has 1 amide bonds. The van der Waals surface area contributed by atoms with Gasteiger partial charge in [0, 0.05) is 45.1 Å². The Balaban J connectivity index is 1.41. The number of carbonyl (C=O) groups excluding carboxylic acids is 1. The van der Waals surface area contributed by atoms with Crippen molar-refractivity contribution < 1.29 is 9.90 Å². The number of rotatable bonds is 9. The maximum Gasteiger partial charge on any atom is 0.241 e. The second kappa shape index (κ2) is 11.1. The molecular weight excluding hydrogens is 388 g/mol. The highest BCUT2D eigenvalue weighted by molar-refractivity contribution is 5.78. The van der Waals surface area contributed by atoms with E-state index < -0.39 is 0 Å². The van der Waals surface area contributed by atoms with Crippen molar-refractivity contribution in [1.82, 2.24) is 14.8 Å². The number of hydrogen-bond donors (Lipinski definition) is 2. The summed E-state index contributed by atoms with van der Waals surface area (Å²) in [4.78, 5) is 17.5. The van der Waals surface area contributed by atoms with Crippen LogP contribution >= 0.6 is 0 Å². The zero-order chi connectivity index (χ0) is 22.2. The summed E-state index contributed by atoms with van der Waals surface area (Å²) in [6.45, 7) is 13.6. The van der Waals surface area contributed by atoms with Crippen LogP contribution in [0.3, 0.4) is 0 Å². The van der Waals surface area contributed by atoms with E-state index in [-0.39, 0.29) is 17.6 Å². The van der Waals surface area contributed by atoms with Crippen molar-refractivity contribution in [2.24, 2.45) is 11.8 Å². The number of aliphatic hydroxyl groups is 1. The van der Waals surface area contributed by atoms with Crippen molar-refractivity contribution in [3.05, 3.63) is 84.3 Å². The zero-order valence-electron chi connectivity index (χ0n) is 18.2. The van der Waals surface area contributed by atoms with Crippen LogP contribution < -0.4 is 5.84 Å². The van der Waals surface area contributed by atoms with E-state index in [4.69, 9.17) is 5.84 Å². The predicted molar refractivity (Wildman–Crippen MR) is 125 cm³/mol. The molecule has 2 aliphatic rings. The molecule has 31 heavy (non-hydrogen) atoms. The molecule has 1 aliphatic heterocycles. The third-order valence-electron chi connectivity index (χ3n) is 6.00. The summed E-state index contributed by atoms with van der Waals surface area (Å²) in [5.74, 6) is 5.65. The Labute approximate surface area is 185 Å². The predicted octanol–water partition coefficient (Wildman–Crippen LogP) is 3.37. The van der Waals surface area contributed by atoms with Crippen LogP contribution in [0.25, 0.3) is 0 Å². The Kier molecular flexibility index (Phi) is 8.23. The van der Waals surface area contributed by atoms with Crippen LogP contribution in [0.5, 0.6) is 0 Å². The summed E-state index contributed by atoms with van der Waals surface area (Å²) >= 11 is 0. The smallest absolute Gasteiger partial charge is 0.241 e. The number of nitrogens with zero attached hydrogens (tertiary/aromatic N) is 3. The molecule has 1 fully saturated rings. The van der Waals surface area contributed by atoms with Gasteiger partial charge in [-0.25, -0.2) is 10.9 Å². The van der Waals surface area contributed by atoms with E-state index in [0.717, 1.165) is 56.3 Å². The van der Waals surface area contributed by atoms with Crippen LogP contribution in [0.15, 0.2) is 78.7 Å². The third-order valence-corrected chi connectivity index (χ3v) is 6.00. The van der Waals surface area contributed by atoms with Crippen LogP contribution in [0, 0.1) is 5.92 Å². The Morgan fingerprint density at radius 2 is 1.84 bits per heavy atom. The van der Waals surface area contributed by atoms with E-state index >= 15 is 0 Å². The van der Waals surface area contributed by atoms with Gasteiger partial charge in [0.2, 0.25) is 5.91 Å². The maximum absolute atomic E-state index is 12.6. The topological polar surface area (TPSA) is 73.0 Å². The lowest BCUT2D eigenvalue weighted by Crippen LogP contribution is -2.46. The molecule has 6 nitrogen and oxygen atoms in total. The lowest BCUT2D eigenvalue weighted by Gasteiger charge is -2.34. The minimum Gasteiger partial charge on any atom is -0.509 e. The average molecular weight is 423 g/mol. The van der Waals surface area contributed by atoms with Crippen LogP contribution in [-0.4, -0.2) is 58.5 Å². The van der Waals surface area contributed by atoms with Gasteiger partial charge >= 0.3 is 0 Å². The minimum atomic E-state index is -0.275. The molecule has 1 atom stereocenters. The Hall–Kier alpha value is -2.67. The Bertz CT molecular complexity index is 838. The summed E-state index contributed by atoms with van der Waals surface area (Å²) in [6, 6.07) is 10.5. The first kappa shape index (κ1) is 23.0. The van der Waals surface area contributed by atoms with E-state index in [1.807, 2.05) is 6.07 Å². The van der Waals surface area contributed by atoms with Gasteiger partial charge in [-0.05, 0) is 36.6 Å². The molecular formula is C25H34N4O2. The molecule has 0 aromatic heterocycles. The number of nitrogens with two attached hydrogens (primary N) is 1. The highest BCUT2D eigenvalue weighted by Gasteiger charge is 2.26.